The normalized spacial score (nSPS) is 22.0. The summed E-state index contributed by atoms with van der Waals surface area (Å²) in [7, 11) is 0. The Morgan fingerprint density at radius 1 is 1.55 bits per heavy atom. The van der Waals surface area contributed by atoms with Gasteiger partial charge in [0.05, 0.1) is 15.2 Å². The molecule has 1 saturated heterocycles. The van der Waals surface area contributed by atoms with E-state index in [1.54, 1.807) is 6.20 Å². The lowest BCUT2D eigenvalue weighted by Crippen LogP contribution is -2.28. The maximum Gasteiger partial charge on any atom is 0.407 e. The smallest absolute Gasteiger partial charge is 0.407 e. The van der Waals surface area contributed by atoms with Gasteiger partial charge in [-0.15, -0.1) is 0 Å². The maximum absolute atomic E-state index is 11.2. The number of carboxylic acids is 1. The molecule has 2 heterocycles. The number of hydrogen-bond acceptors (Lipinski definition) is 3. The topological polar surface area (TPSA) is 91.4 Å². The molecule has 6 nitrogen and oxygen atoms in total. The van der Waals surface area contributed by atoms with Crippen LogP contribution in [0.15, 0.2) is 24.4 Å². The first kappa shape index (κ1) is 10.3. The van der Waals surface area contributed by atoms with Gasteiger partial charge in [0.1, 0.15) is 6.56 Å². The van der Waals surface area contributed by atoms with Crippen LogP contribution in [0.4, 0.5) is 4.79 Å². The van der Waals surface area contributed by atoms with Gasteiger partial charge in [0, 0.05) is 17.1 Å². The zero-order chi connectivity index (χ0) is 15.9. The third-order valence-corrected chi connectivity index (χ3v) is 3.20. The molecule has 0 unspecified atom stereocenters. The highest BCUT2D eigenvalue weighted by Crippen LogP contribution is 2.21. The summed E-state index contributed by atoms with van der Waals surface area (Å²) < 4.78 is 19.9. The lowest BCUT2D eigenvalue weighted by molar-refractivity contribution is -0.136. The Labute approximate surface area is 117 Å². The molecule has 1 aliphatic rings. The molecular formula is C14H14N2O4. The SMILES string of the molecule is [2H]C1([2H])OC(=O)N[C@H]1Cc1ccc2[15nH]cc(CC(=O)O)c2c1. The number of alkyl carbamates (subject to hydrolysis) is 1. The van der Waals surface area contributed by atoms with Crippen molar-refractivity contribution in [1.29, 1.82) is 0 Å². The van der Waals surface area contributed by atoms with Crippen LogP contribution in [-0.2, 0) is 22.4 Å². The molecule has 6 heteroatoms. The van der Waals surface area contributed by atoms with Gasteiger partial charge in [0.2, 0.25) is 0 Å². The number of nitrogens with one attached hydrogen (secondary N) is 2. The summed E-state index contributed by atoms with van der Waals surface area (Å²) in [5.74, 6) is -0.918. The van der Waals surface area contributed by atoms with Gasteiger partial charge >= 0.3 is 12.1 Å². The summed E-state index contributed by atoms with van der Waals surface area (Å²) in [6.45, 7) is -2.06. The number of ether oxygens (including phenoxy) is 1. The second-order valence-electron chi connectivity index (χ2n) is 4.67. The predicted octanol–water partition coefficient (Wildman–Crippen LogP) is 1.45. The van der Waals surface area contributed by atoms with Gasteiger partial charge in [-0.25, -0.2) is 4.79 Å². The molecule has 0 spiro atoms. The molecule has 0 radical (unpaired) electrons. The number of aromatic nitrogens is 1. The fourth-order valence-corrected chi connectivity index (χ4v) is 2.32. The lowest BCUT2D eigenvalue weighted by atomic mass is 10.0. The van der Waals surface area contributed by atoms with Crippen molar-refractivity contribution in [3.8, 4) is 0 Å². The summed E-state index contributed by atoms with van der Waals surface area (Å²) in [4.78, 5) is 25.0. The van der Waals surface area contributed by atoms with Crippen LogP contribution in [0, 0.1) is 0 Å². The Bertz CT molecular complexity index is 756. The van der Waals surface area contributed by atoms with E-state index in [4.69, 9.17) is 7.85 Å². The van der Waals surface area contributed by atoms with E-state index < -0.39 is 24.7 Å². The molecule has 0 bridgehead atoms. The third kappa shape index (κ3) is 2.45. The van der Waals surface area contributed by atoms with Gasteiger partial charge in [-0.2, -0.15) is 0 Å². The summed E-state index contributed by atoms with van der Waals surface area (Å²) >= 11 is 0. The van der Waals surface area contributed by atoms with E-state index in [2.05, 4.69) is 15.0 Å². The largest absolute Gasteiger partial charge is 0.481 e. The van der Waals surface area contributed by atoms with E-state index in [1.165, 1.54) is 0 Å². The molecule has 0 aliphatic carbocycles. The van der Waals surface area contributed by atoms with Crippen molar-refractivity contribution in [2.45, 2.75) is 18.9 Å². The fourth-order valence-electron chi connectivity index (χ4n) is 2.32. The van der Waals surface area contributed by atoms with Crippen LogP contribution < -0.4 is 5.32 Å². The first-order valence-corrected chi connectivity index (χ1v) is 6.15. The number of carboxylic acid groups (broad SMARTS) is 1. The summed E-state index contributed by atoms with van der Waals surface area (Å²) in [5.41, 5.74) is 2.27. The monoisotopic (exact) mass is 277 g/mol. The van der Waals surface area contributed by atoms with E-state index in [0.29, 0.717) is 5.56 Å². The number of aromatic amines is 1. The van der Waals surface area contributed by atoms with Crippen LogP contribution in [0.5, 0.6) is 0 Å². The highest BCUT2D eigenvalue weighted by Gasteiger charge is 2.22. The zero-order valence-electron chi connectivity index (χ0n) is 12.5. The van der Waals surface area contributed by atoms with Crippen molar-refractivity contribution >= 4 is 23.0 Å². The van der Waals surface area contributed by atoms with Crippen LogP contribution in [0.25, 0.3) is 10.9 Å². The average molecular weight is 277 g/mol. The standard InChI is InChI=1S/C14H14N2O4/c17-13(18)5-9-6-15-12-2-1-8(4-11(9)12)3-10-7-20-14(19)16-10/h1-2,4,6,10,15H,3,5,7H2,(H,16,19)(H,17,18)/t10-/m0/s1/i7D2,15+1. The molecule has 1 fully saturated rings. The van der Waals surface area contributed by atoms with Crippen LogP contribution in [0.3, 0.4) is 0 Å². The van der Waals surface area contributed by atoms with Crippen LogP contribution in [0.2, 0.25) is 0 Å². The quantitative estimate of drug-likeness (QED) is 0.788. The Morgan fingerprint density at radius 3 is 3.10 bits per heavy atom. The summed E-state index contributed by atoms with van der Waals surface area (Å²) in [5, 5.41) is 12.1. The van der Waals surface area contributed by atoms with Crippen molar-refractivity contribution in [3.05, 3.63) is 35.5 Å². The number of fused-ring (bicyclic) bond motifs is 1. The molecule has 1 aromatic heterocycles. The number of rotatable bonds is 4. The van der Waals surface area contributed by atoms with Gasteiger partial charge in [0.15, 0.2) is 0 Å². The number of benzene rings is 1. The first-order chi connectivity index (χ1) is 10.3. The van der Waals surface area contributed by atoms with E-state index in [9.17, 15) is 9.59 Å². The number of amides is 1. The van der Waals surface area contributed by atoms with E-state index >= 15 is 0 Å². The van der Waals surface area contributed by atoms with E-state index in [-0.39, 0.29) is 12.8 Å². The number of hydrogen-bond donors (Lipinski definition) is 3. The Morgan fingerprint density at radius 2 is 2.40 bits per heavy atom. The van der Waals surface area contributed by atoms with Crippen LogP contribution in [0.1, 0.15) is 13.9 Å². The third-order valence-electron chi connectivity index (χ3n) is 3.20. The van der Waals surface area contributed by atoms with Crippen molar-refractivity contribution in [2.24, 2.45) is 0 Å². The van der Waals surface area contributed by atoms with Crippen molar-refractivity contribution in [3.63, 3.8) is 0 Å². The fraction of sp³-hybridized carbons (Fsp3) is 0.286. The predicted molar refractivity (Wildman–Crippen MR) is 71.6 cm³/mol. The van der Waals surface area contributed by atoms with Crippen molar-refractivity contribution < 1.29 is 22.2 Å². The van der Waals surface area contributed by atoms with E-state index in [1.807, 2.05) is 18.2 Å². The number of carbonyl (C=O) groups excluding carboxylic acids is 1. The summed E-state index contributed by atoms with van der Waals surface area (Å²) in [6, 6.07) is 4.65. The highest BCUT2D eigenvalue weighted by atomic mass is 16.6. The van der Waals surface area contributed by atoms with Crippen molar-refractivity contribution in [1.82, 2.24) is 10.3 Å². The molecule has 3 rings (SSSR count). The van der Waals surface area contributed by atoms with E-state index in [0.717, 1.165) is 16.5 Å². The minimum Gasteiger partial charge on any atom is -0.481 e. The first-order valence-electron chi connectivity index (χ1n) is 7.15. The molecule has 1 amide bonds. The molecule has 1 aromatic carbocycles. The highest BCUT2D eigenvalue weighted by molar-refractivity contribution is 5.87. The second-order valence-corrected chi connectivity index (χ2v) is 4.67. The Balaban J connectivity index is 1.88. The maximum atomic E-state index is 11.2. The molecular weight excluding hydrogens is 261 g/mol. The minimum atomic E-state index is -2.06. The lowest BCUT2D eigenvalue weighted by Gasteiger charge is -2.07. The second kappa shape index (κ2) is 4.88. The zero-order valence-corrected chi connectivity index (χ0v) is 10.5. The van der Waals surface area contributed by atoms with Gasteiger partial charge in [-0.1, -0.05) is 6.07 Å². The van der Waals surface area contributed by atoms with Crippen molar-refractivity contribution in [2.75, 3.05) is 6.56 Å². The van der Waals surface area contributed by atoms with Crippen LogP contribution in [-0.4, -0.2) is 34.8 Å². The Hall–Kier alpha value is -2.50. The number of H-pyrrole nitrogens is 1. The van der Waals surface area contributed by atoms with Gasteiger partial charge < -0.3 is 20.1 Å². The average Bonchev–Trinajstić information content (AvgIpc) is 2.90. The Kier molecular flexibility index (Phi) is 2.52. The van der Waals surface area contributed by atoms with Crippen LogP contribution >= 0.6 is 0 Å². The van der Waals surface area contributed by atoms with Gasteiger partial charge in [-0.3, -0.25) is 4.79 Å². The molecule has 3 N–H and O–H groups in total. The molecule has 0 saturated carbocycles. The minimum absolute atomic E-state index is 0.0897. The molecule has 2 aromatic rings. The van der Waals surface area contributed by atoms with Gasteiger partial charge in [-0.05, 0) is 29.7 Å². The van der Waals surface area contributed by atoms with Gasteiger partial charge in [0.25, 0.3) is 0 Å². The number of carbonyl (C=O) groups is 2. The summed E-state index contributed by atoms with van der Waals surface area (Å²) in [6.07, 6.45) is 1.05. The molecule has 1 atom stereocenters. The molecule has 20 heavy (non-hydrogen) atoms. The molecule has 1 aliphatic heterocycles. The number of aliphatic carboxylic acids is 1. The molecule has 104 valence electrons. The number of cyclic esters (lactones) is 1.